The Labute approximate surface area is 126 Å². The van der Waals surface area contributed by atoms with E-state index in [1.807, 2.05) is 30.7 Å². The Morgan fingerprint density at radius 3 is 2.76 bits per heavy atom. The largest absolute Gasteiger partial charge is 0.330 e. The molecule has 1 aromatic carbocycles. The molecule has 1 aromatic heterocycles. The van der Waals surface area contributed by atoms with Crippen LogP contribution in [-0.4, -0.2) is 34.1 Å². The first-order valence-electron chi connectivity index (χ1n) is 7.69. The number of imidazole rings is 1. The molecule has 4 heteroatoms. The Bertz CT molecular complexity index is 577. The maximum absolute atomic E-state index is 6.46. The fraction of sp³-hybridized carbons (Fsp3) is 0.471. The van der Waals surface area contributed by atoms with E-state index in [0.717, 1.165) is 30.6 Å². The number of aromatic nitrogens is 2. The minimum absolute atomic E-state index is 0.108. The average Bonchev–Trinajstić information content (AvgIpc) is 2.99. The summed E-state index contributed by atoms with van der Waals surface area (Å²) < 4.78 is 2.29. The highest BCUT2D eigenvalue weighted by atomic mass is 15.2. The lowest BCUT2D eigenvalue weighted by Crippen LogP contribution is -2.39. The average molecular weight is 284 g/mol. The lowest BCUT2D eigenvalue weighted by Gasteiger charge is -2.36. The molecule has 1 fully saturated rings. The number of nitrogens with two attached hydrogens (primary N) is 1. The second-order valence-electron chi connectivity index (χ2n) is 6.12. The van der Waals surface area contributed by atoms with Gasteiger partial charge in [0.2, 0.25) is 0 Å². The first-order valence-corrected chi connectivity index (χ1v) is 7.69. The number of rotatable bonds is 3. The molecule has 2 aromatic rings. The van der Waals surface area contributed by atoms with Crippen LogP contribution in [0.5, 0.6) is 0 Å². The van der Waals surface area contributed by atoms with Gasteiger partial charge in [0.15, 0.2) is 0 Å². The van der Waals surface area contributed by atoms with E-state index in [-0.39, 0.29) is 6.04 Å². The van der Waals surface area contributed by atoms with Crippen molar-refractivity contribution in [3.8, 4) is 0 Å². The Balaban J connectivity index is 1.84. The Hall–Kier alpha value is -1.65. The van der Waals surface area contributed by atoms with Gasteiger partial charge in [-0.15, -0.1) is 0 Å². The van der Waals surface area contributed by atoms with Crippen molar-refractivity contribution in [2.75, 3.05) is 13.6 Å². The number of likely N-dealkylation sites (tertiary alicyclic amines) is 1. The Morgan fingerprint density at radius 2 is 2.05 bits per heavy atom. The van der Waals surface area contributed by atoms with Crippen molar-refractivity contribution >= 4 is 0 Å². The van der Waals surface area contributed by atoms with Gasteiger partial charge in [-0.25, -0.2) is 4.98 Å². The molecule has 112 valence electrons. The van der Waals surface area contributed by atoms with E-state index in [1.165, 1.54) is 0 Å². The zero-order chi connectivity index (χ0) is 14.8. The van der Waals surface area contributed by atoms with Crippen molar-refractivity contribution in [2.45, 2.75) is 37.9 Å². The normalized spacial score (nSPS) is 24.9. The monoisotopic (exact) mass is 284 g/mol. The topological polar surface area (TPSA) is 47.1 Å². The van der Waals surface area contributed by atoms with Gasteiger partial charge >= 0.3 is 0 Å². The SMILES string of the molecule is CC1CC(n2cncc2C(N)c2ccccc2)CCN1C. The summed E-state index contributed by atoms with van der Waals surface area (Å²) in [6.07, 6.45) is 6.18. The van der Waals surface area contributed by atoms with E-state index in [2.05, 4.69) is 40.6 Å². The van der Waals surface area contributed by atoms with Crippen LogP contribution in [0.1, 0.15) is 43.1 Å². The summed E-state index contributed by atoms with van der Waals surface area (Å²) in [6, 6.07) is 11.3. The van der Waals surface area contributed by atoms with Crippen LogP contribution < -0.4 is 5.73 Å². The van der Waals surface area contributed by atoms with Gasteiger partial charge in [0.1, 0.15) is 0 Å². The molecular weight excluding hydrogens is 260 g/mol. The van der Waals surface area contributed by atoms with Crippen molar-refractivity contribution in [2.24, 2.45) is 5.73 Å². The molecule has 3 atom stereocenters. The van der Waals surface area contributed by atoms with E-state index >= 15 is 0 Å². The quantitative estimate of drug-likeness (QED) is 0.942. The molecule has 1 aliphatic rings. The van der Waals surface area contributed by atoms with E-state index in [9.17, 15) is 0 Å². The van der Waals surface area contributed by atoms with Gasteiger partial charge in [-0.2, -0.15) is 0 Å². The Morgan fingerprint density at radius 1 is 1.29 bits per heavy atom. The third-order valence-corrected chi connectivity index (χ3v) is 4.75. The molecule has 2 heterocycles. The fourth-order valence-corrected chi connectivity index (χ4v) is 3.21. The summed E-state index contributed by atoms with van der Waals surface area (Å²) >= 11 is 0. The van der Waals surface area contributed by atoms with Crippen LogP contribution in [0.2, 0.25) is 0 Å². The molecule has 0 spiro atoms. The third kappa shape index (κ3) is 2.87. The van der Waals surface area contributed by atoms with E-state index in [4.69, 9.17) is 5.73 Å². The summed E-state index contributed by atoms with van der Waals surface area (Å²) in [5.41, 5.74) is 8.71. The van der Waals surface area contributed by atoms with Gasteiger partial charge in [-0.3, -0.25) is 0 Å². The van der Waals surface area contributed by atoms with Crippen LogP contribution in [0.4, 0.5) is 0 Å². The summed E-state index contributed by atoms with van der Waals surface area (Å²) in [6.45, 7) is 3.42. The van der Waals surface area contributed by atoms with E-state index in [0.29, 0.717) is 12.1 Å². The summed E-state index contributed by atoms with van der Waals surface area (Å²) in [7, 11) is 2.20. The minimum atomic E-state index is -0.108. The van der Waals surface area contributed by atoms with Crippen molar-refractivity contribution in [3.05, 3.63) is 54.1 Å². The highest BCUT2D eigenvalue weighted by molar-refractivity contribution is 5.26. The number of hydrogen-bond acceptors (Lipinski definition) is 3. The van der Waals surface area contributed by atoms with Crippen LogP contribution in [0.15, 0.2) is 42.9 Å². The molecule has 1 aliphatic heterocycles. The smallest absolute Gasteiger partial charge is 0.0951 e. The molecule has 0 bridgehead atoms. The first-order chi connectivity index (χ1) is 10.2. The maximum atomic E-state index is 6.46. The first kappa shape index (κ1) is 14.3. The summed E-state index contributed by atoms with van der Waals surface area (Å²) in [5, 5.41) is 0. The second kappa shape index (κ2) is 6.00. The van der Waals surface area contributed by atoms with Crippen LogP contribution in [-0.2, 0) is 0 Å². The lowest BCUT2D eigenvalue weighted by molar-refractivity contribution is 0.155. The molecule has 1 saturated heterocycles. The van der Waals surface area contributed by atoms with Crippen molar-refractivity contribution < 1.29 is 0 Å². The maximum Gasteiger partial charge on any atom is 0.0951 e. The highest BCUT2D eigenvalue weighted by Crippen LogP contribution is 2.30. The number of piperidine rings is 1. The molecule has 0 radical (unpaired) electrons. The molecular formula is C17H24N4. The molecule has 0 aliphatic carbocycles. The molecule has 3 rings (SSSR count). The van der Waals surface area contributed by atoms with Crippen molar-refractivity contribution in [1.29, 1.82) is 0 Å². The fourth-order valence-electron chi connectivity index (χ4n) is 3.21. The lowest BCUT2D eigenvalue weighted by atomic mass is 9.97. The zero-order valence-corrected chi connectivity index (χ0v) is 12.8. The highest BCUT2D eigenvalue weighted by Gasteiger charge is 2.26. The van der Waals surface area contributed by atoms with Crippen LogP contribution in [0.3, 0.4) is 0 Å². The van der Waals surface area contributed by atoms with E-state index < -0.39 is 0 Å². The molecule has 21 heavy (non-hydrogen) atoms. The molecule has 2 N–H and O–H groups in total. The third-order valence-electron chi connectivity index (χ3n) is 4.75. The van der Waals surface area contributed by atoms with E-state index in [1.54, 1.807) is 0 Å². The number of benzene rings is 1. The van der Waals surface area contributed by atoms with Crippen LogP contribution in [0.25, 0.3) is 0 Å². The summed E-state index contributed by atoms with van der Waals surface area (Å²) in [5.74, 6) is 0. The molecule has 0 amide bonds. The van der Waals surface area contributed by atoms with Crippen molar-refractivity contribution in [3.63, 3.8) is 0 Å². The predicted octanol–water partition coefficient (Wildman–Crippen LogP) is 2.59. The standard InChI is InChI=1S/C17H24N4/c1-13-10-15(8-9-20(13)2)21-12-19-11-16(21)17(18)14-6-4-3-5-7-14/h3-7,11-13,15,17H,8-10,18H2,1-2H3. The minimum Gasteiger partial charge on any atom is -0.330 e. The van der Waals surface area contributed by atoms with Crippen molar-refractivity contribution in [1.82, 2.24) is 14.5 Å². The molecule has 4 nitrogen and oxygen atoms in total. The van der Waals surface area contributed by atoms with Gasteiger partial charge in [-0.1, -0.05) is 30.3 Å². The number of hydrogen-bond donors (Lipinski definition) is 1. The van der Waals surface area contributed by atoms with Gasteiger partial charge in [0.05, 0.1) is 24.3 Å². The predicted molar refractivity (Wildman–Crippen MR) is 85.1 cm³/mol. The van der Waals surface area contributed by atoms with Gasteiger partial charge in [0.25, 0.3) is 0 Å². The Kier molecular flexibility index (Phi) is 4.08. The van der Waals surface area contributed by atoms with Gasteiger partial charge < -0.3 is 15.2 Å². The van der Waals surface area contributed by atoms with Gasteiger partial charge in [0, 0.05) is 18.6 Å². The number of nitrogens with zero attached hydrogens (tertiary/aromatic N) is 3. The summed E-state index contributed by atoms with van der Waals surface area (Å²) in [4.78, 5) is 6.78. The second-order valence-corrected chi connectivity index (χ2v) is 6.12. The van der Waals surface area contributed by atoms with Gasteiger partial charge in [-0.05, 0) is 32.4 Å². The molecule has 0 saturated carbocycles. The van der Waals surface area contributed by atoms with Crippen LogP contribution >= 0.6 is 0 Å². The zero-order valence-electron chi connectivity index (χ0n) is 12.8. The van der Waals surface area contributed by atoms with Crippen LogP contribution in [0, 0.1) is 0 Å². The molecule has 3 unspecified atom stereocenters.